The standard InChI is InChI=1S/C24H37ClN2O2/c1-4-7-8-9-12-19-15-16-20(5-2)23(17-19)27(24(28)22(25)6-3)18-29-26-21-13-10-11-14-21/h15-17,22H,4-14,18H2,1-3H3. The molecule has 2 rings (SSSR count). The first kappa shape index (κ1) is 23.7. The molecular formula is C24H37ClN2O2. The van der Waals surface area contributed by atoms with E-state index in [0.717, 1.165) is 42.6 Å². The minimum absolute atomic E-state index is 0.109. The number of unbranched alkanes of at least 4 members (excludes halogenated alkanes) is 3. The fourth-order valence-electron chi connectivity index (χ4n) is 3.72. The molecule has 1 aliphatic rings. The fourth-order valence-corrected chi connectivity index (χ4v) is 3.84. The van der Waals surface area contributed by atoms with E-state index in [2.05, 4.69) is 37.2 Å². The number of anilines is 1. The van der Waals surface area contributed by atoms with Crippen LogP contribution in [0.25, 0.3) is 0 Å². The molecule has 1 atom stereocenters. The van der Waals surface area contributed by atoms with Gasteiger partial charge in [-0.2, -0.15) is 0 Å². The predicted molar refractivity (Wildman–Crippen MR) is 123 cm³/mol. The number of halogens is 1. The zero-order chi connectivity index (χ0) is 21.1. The predicted octanol–water partition coefficient (Wildman–Crippen LogP) is 6.63. The summed E-state index contributed by atoms with van der Waals surface area (Å²) in [6.07, 6.45) is 11.7. The molecule has 0 spiro atoms. The number of carbonyl (C=O) groups excluding carboxylic acids is 1. The summed E-state index contributed by atoms with van der Waals surface area (Å²) in [5.74, 6) is -0.112. The lowest BCUT2D eigenvalue weighted by atomic mass is 10.0. The van der Waals surface area contributed by atoms with Gasteiger partial charge in [-0.1, -0.05) is 57.3 Å². The molecule has 0 aromatic heterocycles. The highest BCUT2D eigenvalue weighted by Crippen LogP contribution is 2.26. The van der Waals surface area contributed by atoms with E-state index in [9.17, 15) is 4.79 Å². The van der Waals surface area contributed by atoms with Crippen molar-refractivity contribution in [3.63, 3.8) is 0 Å². The maximum atomic E-state index is 13.0. The first-order valence-electron chi connectivity index (χ1n) is 11.4. The van der Waals surface area contributed by atoms with Gasteiger partial charge < -0.3 is 4.84 Å². The molecular weight excluding hydrogens is 384 g/mol. The van der Waals surface area contributed by atoms with Gasteiger partial charge in [-0.05, 0) is 68.6 Å². The topological polar surface area (TPSA) is 41.9 Å². The number of carbonyl (C=O) groups is 1. The second kappa shape index (κ2) is 12.9. The Labute approximate surface area is 181 Å². The summed E-state index contributed by atoms with van der Waals surface area (Å²) in [6, 6.07) is 6.48. The number of alkyl halides is 1. The number of oxime groups is 1. The van der Waals surface area contributed by atoms with Crippen LogP contribution in [0.4, 0.5) is 5.69 Å². The fraction of sp³-hybridized carbons (Fsp3) is 0.667. The van der Waals surface area contributed by atoms with Crippen molar-refractivity contribution >= 4 is 28.9 Å². The van der Waals surface area contributed by atoms with Gasteiger partial charge in [0.15, 0.2) is 6.73 Å². The van der Waals surface area contributed by atoms with Crippen LogP contribution in [0.3, 0.4) is 0 Å². The Kier molecular flexibility index (Phi) is 10.5. The van der Waals surface area contributed by atoms with Crippen LogP contribution in [0.15, 0.2) is 23.4 Å². The Hall–Kier alpha value is -1.55. The molecule has 4 nitrogen and oxygen atoms in total. The maximum Gasteiger partial charge on any atom is 0.247 e. The molecule has 1 unspecified atom stereocenters. The Morgan fingerprint density at radius 1 is 1.17 bits per heavy atom. The van der Waals surface area contributed by atoms with Crippen LogP contribution in [-0.4, -0.2) is 23.7 Å². The van der Waals surface area contributed by atoms with E-state index in [4.69, 9.17) is 16.4 Å². The third-order valence-electron chi connectivity index (χ3n) is 5.59. The second-order valence-electron chi connectivity index (χ2n) is 7.89. The Balaban J connectivity index is 2.21. The molecule has 1 amide bonds. The SMILES string of the molecule is CCCCCCc1ccc(CC)c(N(CON=C2CCCC2)C(=O)C(Cl)CC)c1. The van der Waals surface area contributed by atoms with Gasteiger partial charge in [0, 0.05) is 0 Å². The van der Waals surface area contributed by atoms with Gasteiger partial charge in [0.25, 0.3) is 0 Å². The molecule has 0 radical (unpaired) electrons. The number of amides is 1. The highest BCUT2D eigenvalue weighted by Gasteiger charge is 2.25. The monoisotopic (exact) mass is 420 g/mol. The largest absolute Gasteiger partial charge is 0.373 e. The van der Waals surface area contributed by atoms with Crippen LogP contribution in [0.2, 0.25) is 0 Å². The molecule has 29 heavy (non-hydrogen) atoms. The lowest BCUT2D eigenvalue weighted by Gasteiger charge is -2.26. The molecule has 1 aromatic carbocycles. The van der Waals surface area contributed by atoms with Crippen LogP contribution in [0.1, 0.15) is 89.7 Å². The van der Waals surface area contributed by atoms with Gasteiger partial charge in [0.1, 0.15) is 5.38 Å². The van der Waals surface area contributed by atoms with Gasteiger partial charge in [-0.3, -0.25) is 9.69 Å². The third kappa shape index (κ3) is 7.33. The van der Waals surface area contributed by atoms with E-state index in [1.165, 1.54) is 44.1 Å². The summed E-state index contributed by atoms with van der Waals surface area (Å²) in [5.41, 5.74) is 4.40. The van der Waals surface area contributed by atoms with Crippen LogP contribution < -0.4 is 4.90 Å². The summed E-state index contributed by atoms with van der Waals surface area (Å²) < 4.78 is 0. The third-order valence-corrected chi connectivity index (χ3v) is 6.09. The van der Waals surface area contributed by atoms with E-state index in [0.29, 0.717) is 6.42 Å². The zero-order valence-electron chi connectivity index (χ0n) is 18.4. The van der Waals surface area contributed by atoms with Crippen molar-refractivity contribution in [3.05, 3.63) is 29.3 Å². The molecule has 162 valence electrons. The normalized spacial score (nSPS) is 14.7. The minimum atomic E-state index is -0.560. The lowest BCUT2D eigenvalue weighted by molar-refractivity contribution is -0.119. The van der Waals surface area contributed by atoms with Gasteiger partial charge in [-0.25, -0.2) is 0 Å². The zero-order valence-corrected chi connectivity index (χ0v) is 19.1. The minimum Gasteiger partial charge on any atom is -0.373 e. The van der Waals surface area contributed by atoms with Gasteiger partial charge in [0.2, 0.25) is 5.91 Å². The van der Waals surface area contributed by atoms with Crippen molar-refractivity contribution < 1.29 is 9.63 Å². The van der Waals surface area contributed by atoms with E-state index in [-0.39, 0.29) is 12.6 Å². The van der Waals surface area contributed by atoms with Crippen LogP contribution in [0.5, 0.6) is 0 Å². The van der Waals surface area contributed by atoms with E-state index in [1.54, 1.807) is 4.90 Å². The molecule has 0 aliphatic heterocycles. The number of nitrogens with zero attached hydrogens (tertiary/aromatic N) is 2. The summed E-state index contributed by atoms with van der Waals surface area (Å²) in [6.45, 7) is 6.37. The van der Waals surface area contributed by atoms with E-state index < -0.39 is 5.38 Å². The van der Waals surface area contributed by atoms with Crippen LogP contribution >= 0.6 is 11.6 Å². The average molecular weight is 421 g/mol. The van der Waals surface area contributed by atoms with Crippen molar-refractivity contribution in [1.29, 1.82) is 0 Å². The molecule has 1 aliphatic carbocycles. The van der Waals surface area contributed by atoms with Crippen molar-refractivity contribution in [2.45, 2.75) is 96.8 Å². The first-order valence-corrected chi connectivity index (χ1v) is 11.8. The maximum absolute atomic E-state index is 13.0. The Bertz CT molecular complexity index is 667. The number of hydrogen-bond donors (Lipinski definition) is 0. The number of hydrogen-bond acceptors (Lipinski definition) is 3. The molecule has 5 heteroatoms. The van der Waals surface area contributed by atoms with Crippen molar-refractivity contribution in [2.75, 3.05) is 11.6 Å². The smallest absolute Gasteiger partial charge is 0.247 e. The molecule has 1 aromatic rings. The van der Waals surface area contributed by atoms with Crippen molar-refractivity contribution in [3.8, 4) is 0 Å². The average Bonchev–Trinajstić information content (AvgIpc) is 3.26. The second-order valence-corrected chi connectivity index (χ2v) is 8.42. The molecule has 0 heterocycles. The molecule has 0 saturated heterocycles. The van der Waals surface area contributed by atoms with Crippen molar-refractivity contribution in [2.24, 2.45) is 5.16 Å². The molecule has 0 bridgehead atoms. The first-order chi connectivity index (χ1) is 14.1. The summed E-state index contributed by atoms with van der Waals surface area (Å²) >= 11 is 6.34. The highest BCUT2D eigenvalue weighted by molar-refractivity contribution is 6.32. The van der Waals surface area contributed by atoms with Gasteiger partial charge in [-0.15, -0.1) is 11.6 Å². The number of benzene rings is 1. The summed E-state index contributed by atoms with van der Waals surface area (Å²) in [5, 5.41) is 3.72. The van der Waals surface area contributed by atoms with Crippen LogP contribution in [0, 0.1) is 0 Å². The van der Waals surface area contributed by atoms with E-state index in [1.807, 2.05) is 6.92 Å². The lowest BCUT2D eigenvalue weighted by Crippen LogP contribution is -2.38. The van der Waals surface area contributed by atoms with Crippen molar-refractivity contribution in [1.82, 2.24) is 0 Å². The number of rotatable bonds is 12. The summed E-state index contributed by atoms with van der Waals surface area (Å²) in [7, 11) is 0. The molecule has 1 fully saturated rings. The van der Waals surface area contributed by atoms with Gasteiger partial charge in [0.05, 0.1) is 11.4 Å². The summed E-state index contributed by atoms with van der Waals surface area (Å²) in [4.78, 5) is 20.4. The molecule has 0 N–H and O–H groups in total. The Morgan fingerprint density at radius 3 is 2.59 bits per heavy atom. The Morgan fingerprint density at radius 2 is 1.93 bits per heavy atom. The quantitative estimate of drug-likeness (QED) is 0.165. The molecule has 1 saturated carbocycles. The highest BCUT2D eigenvalue weighted by atomic mass is 35.5. The van der Waals surface area contributed by atoms with Gasteiger partial charge >= 0.3 is 0 Å². The van der Waals surface area contributed by atoms with E-state index >= 15 is 0 Å². The van der Waals surface area contributed by atoms with Crippen LogP contribution in [-0.2, 0) is 22.5 Å². The number of aryl methyl sites for hydroxylation is 2.